The molecule has 0 saturated heterocycles. The molecule has 5 rings (SSSR count). The number of pyridine rings is 1. The second kappa shape index (κ2) is 9.38. The summed E-state index contributed by atoms with van der Waals surface area (Å²) in [6.45, 7) is 1.64. The molecule has 0 unspecified atom stereocenters. The summed E-state index contributed by atoms with van der Waals surface area (Å²) < 4.78 is 26.6. The van der Waals surface area contributed by atoms with Gasteiger partial charge >= 0.3 is 5.97 Å². The summed E-state index contributed by atoms with van der Waals surface area (Å²) in [4.78, 5) is 18.2. The van der Waals surface area contributed by atoms with Gasteiger partial charge in [-0.15, -0.1) is 0 Å². The lowest BCUT2D eigenvalue weighted by atomic mass is 10.1. The molecule has 0 aliphatic carbocycles. The molecule has 0 aliphatic rings. The fraction of sp³-hybridized carbons (Fsp3) is 0.107. The van der Waals surface area contributed by atoms with E-state index in [2.05, 4.69) is 5.10 Å². The van der Waals surface area contributed by atoms with Gasteiger partial charge in [-0.05, 0) is 55.5 Å². The van der Waals surface area contributed by atoms with E-state index in [0.717, 1.165) is 11.3 Å². The number of rotatable bonds is 6. The van der Waals surface area contributed by atoms with Gasteiger partial charge in [-0.1, -0.05) is 36.4 Å². The van der Waals surface area contributed by atoms with E-state index in [1.807, 2.05) is 61.5 Å². The minimum atomic E-state index is -0.578. The van der Waals surface area contributed by atoms with Crippen molar-refractivity contribution in [3.05, 3.63) is 108 Å². The Hall–Kier alpha value is -4.52. The Morgan fingerprint density at radius 2 is 1.69 bits per heavy atom. The molecule has 2 aromatic heterocycles. The highest BCUT2D eigenvalue weighted by atomic mass is 19.1. The first-order valence-electron chi connectivity index (χ1n) is 11.1. The predicted molar refractivity (Wildman–Crippen MR) is 131 cm³/mol. The van der Waals surface area contributed by atoms with Crippen molar-refractivity contribution in [1.29, 1.82) is 0 Å². The van der Waals surface area contributed by atoms with Crippen molar-refractivity contribution >= 4 is 17.0 Å². The van der Waals surface area contributed by atoms with E-state index in [9.17, 15) is 9.18 Å². The maximum Gasteiger partial charge on any atom is 0.339 e. The standard InChI is InChI=1S/C28H22FN3O3/c1-18-26-23(28(33)35-17-20-8-6-7-11-24(20)29)16-25(19-12-14-22(34-2)15-13-19)30-27(26)32(31-18)21-9-4-3-5-10-21/h3-16H,17H2,1-2H3. The third-order valence-corrected chi connectivity index (χ3v) is 5.74. The van der Waals surface area contributed by atoms with Gasteiger partial charge < -0.3 is 9.47 Å². The van der Waals surface area contributed by atoms with Gasteiger partial charge in [0.25, 0.3) is 0 Å². The van der Waals surface area contributed by atoms with Gasteiger partial charge in [0.1, 0.15) is 18.2 Å². The number of hydrogen-bond donors (Lipinski definition) is 0. The second-order valence-electron chi connectivity index (χ2n) is 7.98. The highest BCUT2D eigenvalue weighted by Crippen LogP contribution is 2.30. The third-order valence-electron chi connectivity index (χ3n) is 5.74. The molecule has 0 aliphatic heterocycles. The molecule has 2 heterocycles. The minimum absolute atomic E-state index is 0.181. The summed E-state index contributed by atoms with van der Waals surface area (Å²) >= 11 is 0. The summed E-state index contributed by atoms with van der Waals surface area (Å²) in [7, 11) is 1.60. The Balaban J connectivity index is 1.64. The van der Waals surface area contributed by atoms with E-state index in [1.54, 1.807) is 36.1 Å². The summed E-state index contributed by atoms with van der Waals surface area (Å²) in [6.07, 6.45) is 0. The zero-order chi connectivity index (χ0) is 24.4. The number of halogens is 1. The van der Waals surface area contributed by atoms with Crippen LogP contribution < -0.4 is 4.74 Å². The van der Waals surface area contributed by atoms with E-state index in [0.29, 0.717) is 39.3 Å². The second-order valence-corrected chi connectivity index (χ2v) is 7.98. The van der Waals surface area contributed by atoms with E-state index < -0.39 is 11.8 Å². The average Bonchev–Trinajstić information content (AvgIpc) is 3.24. The number of para-hydroxylation sites is 1. The number of ether oxygens (including phenoxy) is 2. The van der Waals surface area contributed by atoms with Crippen molar-refractivity contribution in [1.82, 2.24) is 14.8 Å². The van der Waals surface area contributed by atoms with Crippen LogP contribution >= 0.6 is 0 Å². The molecule has 0 fully saturated rings. The zero-order valence-corrected chi connectivity index (χ0v) is 19.2. The molecule has 0 amide bonds. The minimum Gasteiger partial charge on any atom is -0.497 e. The summed E-state index contributed by atoms with van der Waals surface area (Å²) in [5.41, 5.74) is 3.98. The molecule has 0 radical (unpaired) electrons. The molecule has 0 N–H and O–H groups in total. The van der Waals surface area contributed by atoms with E-state index in [1.165, 1.54) is 6.07 Å². The summed E-state index contributed by atoms with van der Waals surface area (Å²) in [5.74, 6) is -0.289. The van der Waals surface area contributed by atoms with Crippen LogP contribution in [0.3, 0.4) is 0 Å². The van der Waals surface area contributed by atoms with Crippen molar-refractivity contribution < 1.29 is 18.7 Å². The van der Waals surface area contributed by atoms with Crippen molar-refractivity contribution in [2.24, 2.45) is 0 Å². The molecule has 0 atom stereocenters. The highest BCUT2D eigenvalue weighted by Gasteiger charge is 2.22. The maximum atomic E-state index is 14.1. The Morgan fingerprint density at radius 1 is 0.971 bits per heavy atom. The number of fused-ring (bicyclic) bond motifs is 1. The Labute approximate surface area is 201 Å². The van der Waals surface area contributed by atoms with Crippen LogP contribution in [0.4, 0.5) is 4.39 Å². The van der Waals surface area contributed by atoms with Crippen molar-refractivity contribution in [3.8, 4) is 22.7 Å². The van der Waals surface area contributed by atoms with Gasteiger partial charge in [0, 0.05) is 11.1 Å². The lowest BCUT2D eigenvalue weighted by Gasteiger charge is -2.10. The van der Waals surface area contributed by atoms with Crippen LogP contribution in [0.25, 0.3) is 28.0 Å². The quantitative estimate of drug-likeness (QED) is 0.291. The van der Waals surface area contributed by atoms with Crippen LogP contribution in [0.1, 0.15) is 21.6 Å². The number of carbonyl (C=O) groups excluding carboxylic acids is 1. The molecule has 7 heteroatoms. The monoisotopic (exact) mass is 467 g/mol. The molecule has 6 nitrogen and oxygen atoms in total. The Morgan fingerprint density at radius 3 is 2.40 bits per heavy atom. The van der Waals surface area contributed by atoms with Crippen LogP contribution in [-0.4, -0.2) is 27.8 Å². The van der Waals surface area contributed by atoms with Crippen molar-refractivity contribution in [3.63, 3.8) is 0 Å². The number of methoxy groups -OCH3 is 1. The number of carbonyl (C=O) groups is 1. The first-order chi connectivity index (χ1) is 17.0. The lowest BCUT2D eigenvalue weighted by Crippen LogP contribution is -2.08. The summed E-state index contributed by atoms with van der Waals surface area (Å²) in [6, 6.07) is 24.9. The van der Waals surface area contributed by atoms with Gasteiger partial charge in [-0.25, -0.2) is 18.9 Å². The first-order valence-corrected chi connectivity index (χ1v) is 11.1. The van der Waals surface area contributed by atoms with E-state index in [4.69, 9.17) is 14.5 Å². The molecule has 3 aromatic carbocycles. The average molecular weight is 468 g/mol. The van der Waals surface area contributed by atoms with Crippen LogP contribution in [-0.2, 0) is 11.3 Å². The SMILES string of the molecule is COc1ccc(-c2cc(C(=O)OCc3ccccc3F)c3c(C)nn(-c4ccccc4)c3n2)cc1. The topological polar surface area (TPSA) is 66.2 Å². The van der Waals surface area contributed by atoms with Crippen LogP contribution in [0.5, 0.6) is 5.75 Å². The van der Waals surface area contributed by atoms with Gasteiger partial charge in [-0.2, -0.15) is 5.10 Å². The summed E-state index contributed by atoms with van der Waals surface area (Å²) in [5, 5.41) is 5.25. The largest absolute Gasteiger partial charge is 0.497 e. The fourth-order valence-corrected chi connectivity index (χ4v) is 3.95. The van der Waals surface area contributed by atoms with Crippen LogP contribution in [0.15, 0.2) is 84.9 Å². The van der Waals surface area contributed by atoms with Gasteiger partial charge in [0.2, 0.25) is 0 Å². The number of aryl methyl sites for hydroxylation is 1. The van der Waals surface area contributed by atoms with Gasteiger partial charge in [0.05, 0.1) is 35.1 Å². The zero-order valence-electron chi connectivity index (χ0n) is 19.2. The van der Waals surface area contributed by atoms with Crippen LogP contribution in [0, 0.1) is 12.7 Å². The van der Waals surface area contributed by atoms with E-state index >= 15 is 0 Å². The molecule has 0 bridgehead atoms. The number of nitrogens with zero attached hydrogens (tertiary/aromatic N) is 3. The van der Waals surface area contributed by atoms with Gasteiger partial charge in [-0.3, -0.25) is 0 Å². The highest BCUT2D eigenvalue weighted by molar-refractivity contribution is 6.05. The maximum absolute atomic E-state index is 14.1. The molecular formula is C28H22FN3O3. The third kappa shape index (κ3) is 4.36. The Kier molecular flexibility index (Phi) is 5.97. The molecule has 35 heavy (non-hydrogen) atoms. The molecule has 0 saturated carbocycles. The number of benzene rings is 3. The van der Waals surface area contributed by atoms with Crippen LogP contribution in [0.2, 0.25) is 0 Å². The predicted octanol–water partition coefficient (Wildman–Crippen LogP) is 5.90. The fourth-order valence-electron chi connectivity index (χ4n) is 3.95. The molecular weight excluding hydrogens is 445 g/mol. The van der Waals surface area contributed by atoms with Gasteiger partial charge in [0.15, 0.2) is 5.65 Å². The molecule has 0 spiro atoms. The number of hydrogen-bond acceptors (Lipinski definition) is 5. The lowest BCUT2D eigenvalue weighted by molar-refractivity contribution is 0.0471. The normalized spacial score (nSPS) is 10.9. The smallest absolute Gasteiger partial charge is 0.339 e. The molecule has 5 aromatic rings. The molecule has 174 valence electrons. The Bertz CT molecular complexity index is 1510. The number of aromatic nitrogens is 3. The first kappa shape index (κ1) is 22.3. The van der Waals surface area contributed by atoms with E-state index in [-0.39, 0.29) is 6.61 Å². The van der Waals surface area contributed by atoms with Crippen molar-refractivity contribution in [2.75, 3.05) is 7.11 Å². The number of esters is 1. The van der Waals surface area contributed by atoms with Crippen molar-refractivity contribution in [2.45, 2.75) is 13.5 Å².